The zero-order valence-corrected chi connectivity index (χ0v) is 7.47. The Morgan fingerprint density at radius 2 is 2.17 bits per heavy atom. The molecule has 0 spiro atoms. The molecular formula is C10H14FN. The molecule has 1 aromatic carbocycles. The lowest BCUT2D eigenvalue weighted by atomic mass is 10.00. The summed E-state index contributed by atoms with van der Waals surface area (Å²) in [4.78, 5) is 0. The first kappa shape index (κ1) is 9.20. The second-order valence-corrected chi connectivity index (χ2v) is 2.95. The molecule has 0 fully saturated rings. The minimum absolute atomic E-state index is 0.190. The quantitative estimate of drug-likeness (QED) is 0.719. The number of halogens is 1. The Kier molecular flexibility index (Phi) is 2.82. The zero-order chi connectivity index (χ0) is 9.14. The molecule has 0 saturated heterocycles. The maximum Gasteiger partial charge on any atom is 0.128 e. The van der Waals surface area contributed by atoms with Gasteiger partial charge >= 0.3 is 0 Å². The van der Waals surface area contributed by atoms with Crippen molar-refractivity contribution in [2.24, 2.45) is 5.73 Å². The molecule has 2 N–H and O–H groups in total. The molecule has 1 aromatic rings. The highest BCUT2D eigenvalue weighted by molar-refractivity contribution is 5.30. The Hall–Kier alpha value is -0.890. The minimum atomic E-state index is -0.221. The van der Waals surface area contributed by atoms with Crippen LogP contribution in [0.25, 0.3) is 0 Å². The smallest absolute Gasteiger partial charge is 0.128 e. The molecule has 0 heterocycles. The summed E-state index contributed by atoms with van der Waals surface area (Å²) in [5.74, 6) is -0.190. The number of rotatable bonds is 2. The van der Waals surface area contributed by atoms with E-state index in [-0.39, 0.29) is 11.9 Å². The van der Waals surface area contributed by atoms with E-state index >= 15 is 0 Å². The van der Waals surface area contributed by atoms with Gasteiger partial charge in [0.05, 0.1) is 0 Å². The minimum Gasteiger partial charge on any atom is -0.324 e. The van der Waals surface area contributed by atoms with E-state index in [4.69, 9.17) is 5.73 Å². The van der Waals surface area contributed by atoms with Crippen molar-refractivity contribution in [3.8, 4) is 0 Å². The van der Waals surface area contributed by atoms with Gasteiger partial charge in [-0.25, -0.2) is 4.39 Å². The van der Waals surface area contributed by atoms with E-state index in [0.717, 1.165) is 12.0 Å². The molecule has 0 bridgehead atoms. The van der Waals surface area contributed by atoms with Crippen LogP contribution in [0.3, 0.4) is 0 Å². The molecule has 1 rings (SSSR count). The predicted molar refractivity (Wildman–Crippen MR) is 48.4 cm³/mol. The van der Waals surface area contributed by atoms with Gasteiger partial charge in [0.1, 0.15) is 5.82 Å². The van der Waals surface area contributed by atoms with E-state index in [0.29, 0.717) is 5.56 Å². The van der Waals surface area contributed by atoms with Crippen LogP contribution in [0.5, 0.6) is 0 Å². The van der Waals surface area contributed by atoms with Gasteiger partial charge in [-0.1, -0.05) is 19.1 Å². The van der Waals surface area contributed by atoms with Gasteiger partial charge in [-0.15, -0.1) is 0 Å². The topological polar surface area (TPSA) is 26.0 Å². The lowest BCUT2D eigenvalue weighted by molar-refractivity contribution is 0.589. The van der Waals surface area contributed by atoms with Crippen LogP contribution in [0, 0.1) is 5.82 Å². The summed E-state index contributed by atoms with van der Waals surface area (Å²) in [6, 6.07) is 4.88. The van der Waals surface area contributed by atoms with Crippen molar-refractivity contribution >= 4 is 0 Å². The Morgan fingerprint density at radius 3 is 2.58 bits per heavy atom. The van der Waals surface area contributed by atoms with Crippen molar-refractivity contribution in [2.75, 3.05) is 0 Å². The third-order valence-corrected chi connectivity index (χ3v) is 1.98. The van der Waals surface area contributed by atoms with Crippen LogP contribution in [-0.4, -0.2) is 0 Å². The van der Waals surface area contributed by atoms with Crippen molar-refractivity contribution in [2.45, 2.75) is 26.3 Å². The monoisotopic (exact) mass is 167 g/mol. The fraction of sp³-hybridized carbons (Fsp3) is 0.400. The first-order valence-corrected chi connectivity index (χ1v) is 4.19. The Morgan fingerprint density at radius 1 is 1.50 bits per heavy atom. The molecule has 0 radical (unpaired) electrons. The van der Waals surface area contributed by atoms with Crippen molar-refractivity contribution < 1.29 is 4.39 Å². The lowest BCUT2D eigenvalue weighted by Crippen LogP contribution is -2.10. The number of nitrogens with two attached hydrogens (primary N) is 1. The molecule has 0 aliphatic rings. The van der Waals surface area contributed by atoms with Crippen LogP contribution in [-0.2, 0) is 6.42 Å². The molecule has 0 amide bonds. The van der Waals surface area contributed by atoms with Crippen molar-refractivity contribution in [3.63, 3.8) is 0 Å². The Labute approximate surface area is 72.4 Å². The molecule has 1 nitrogen and oxygen atoms in total. The summed E-state index contributed by atoms with van der Waals surface area (Å²) in [7, 11) is 0. The van der Waals surface area contributed by atoms with Gasteiger partial charge in [0.2, 0.25) is 0 Å². The number of hydrogen-bond donors (Lipinski definition) is 1. The maximum atomic E-state index is 13.2. The van der Waals surface area contributed by atoms with Crippen LogP contribution in [0.1, 0.15) is 31.0 Å². The van der Waals surface area contributed by atoms with Gasteiger partial charge in [-0.3, -0.25) is 0 Å². The van der Waals surface area contributed by atoms with Gasteiger partial charge < -0.3 is 5.73 Å². The average molecular weight is 167 g/mol. The third-order valence-electron chi connectivity index (χ3n) is 1.98. The summed E-state index contributed by atoms with van der Waals surface area (Å²) < 4.78 is 13.2. The Balaban J connectivity index is 3.20. The molecule has 0 unspecified atom stereocenters. The average Bonchev–Trinajstić information content (AvgIpc) is 2.03. The number of benzene rings is 1. The molecule has 12 heavy (non-hydrogen) atoms. The molecule has 2 heteroatoms. The van der Waals surface area contributed by atoms with Gasteiger partial charge in [-0.2, -0.15) is 0 Å². The van der Waals surface area contributed by atoms with E-state index in [1.165, 1.54) is 6.07 Å². The second kappa shape index (κ2) is 3.68. The van der Waals surface area contributed by atoms with E-state index in [2.05, 4.69) is 0 Å². The van der Waals surface area contributed by atoms with E-state index in [1.54, 1.807) is 13.0 Å². The Bertz CT molecular complexity index is 269. The fourth-order valence-electron chi connectivity index (χ4n) is 1.40. The molecule has 0 aromatic heterocycles. The normalized spacial score (nSPS) is 13.0. The van der Waals surface area contributed by atoms with Crippen LogP contribution < -0.4 is 5.73 Å². The molecule has 0 saturated carbocycles. The lowest BCUT2D eigenvalue weighted by Gasteiger charge is -2.11. The predicted octanol–water partition coefficient (Wildman–Crippen LogP) is 2.41. The summed E-state index contributed by atoms with van der Waals surface area (Å²) in [5, 5.41) is 0. The standard InChI is InChI=1S/C10H14FN/c1-3-8-5-4-6-9(11)10(8)7(2)12/h4-7H,3,12H2,1-2H3/t7-/m1/s1. The molecule has 0 aliphatic carbocycles. The fourth-order valence-corrected chi connectivity index (χ4v) is 1.40. The van der Waals surface area contributed by atoms with Crippen molar-refractivity contribution in [1.29, 1.82) is 0 Å². The molecule has 0 aliphatic heterocycles. The summed E-state index contributed by atoms with van der Waals surface area (Å²) in [5.41, 5.74) is 7.31. The van der Waals surface area contributed by atoms with E-state index in [1.807, 2.05) is 13.0 Å². The van der Waals surface area contributed by atoms with Crippen LogP contribution >= 0.6 is 0 Å². The maximum absolute atomic E-state index is 13.2. The van der Waals surface area contributed by atoms with Gasteiger partial charge in [0.25, 0.3) is 0 Å². The molecular weight excluding hydrogens is 153 g/mol. The van der Waals surface area contributed by atoms with Gasteiger partial charge in [0.15, 0.2) is 0 Å². The summed E-state index contributed by atoms with van der Waals surface area (Å²) in [6.45, 7) is 3.80. The highest BCUT2D eigenvalue weighted by atomic mass is 19.1. The summed E-state index contributed by atoms with van der Waals surface area (Å²) in [6.07, 6.45) is 0.828. The van der Waals surface area contributed by atoms with Gasteiger partial charge in [-0.05, 0) is 25.0 Å². The van der Waals surface area contributed by atoms with Crippen LogP contribution in [0.4, 0.5) is 4.39 Å². The second-order valence-electron chi connectivity index (χ2n) is 2.95. The van der Waals surface area contributed by atoms with Crippen molar-refractivity contribution in [1.82, 2.24) is 0 Å². The highest BCUT2D eigenvalue weighted by Gasteiger charge is 2.10. The zero-order valence-electron chi connectivity index (χ0n) is 7.47. The highest BCUT2D eigenvalue weighted by Crippen LogP contribution is 2.19. The first-order chi connectivity index (χ1) is 5.66. The van der Waals surface area contributed by atoms with Crippen LogP contribution in [0.15, 0.2) is 18.2 Å². The molecule has 1 atom stereocenters. The SMILES string of the molecule is CCc1cccc(F)c1[C@@H](C)N. The van der Waals surface area contributed by atoms with E-state index in [9.17, 15) is 4.39 Å². The van der Waals surface area contributed by atoms with Gasteiger partial charge in [0, 0.05) is 11.6 Å². The van der Waals surface area contributed by atoms with E-state index < -0.39 is 0 Å². The number of aryl methyl sites for hydroxylation is 1. The first-order valence-electron chi connectivity index (χ1n) is 4.19. The summed E-state index contributed by atoms with van der Waals surface area (Å²) >= 11 is 0. The molecule has 66 valence electrons. The van der Waals surface area contributed by atoms with Crippen LogP contribution in [0.2, 0.25) is 0 Å². The number of hydrogen-bond acceptors (Lipinski definition) is 1. The largest absolute Gasteiger partial charge is 0.324 e. The third kappa shape index (κ3) is 1.64. The van der Waals surface area contributed by atoms with Crippen molar-refractivity contribution in [3.05, 3.63) is 35.1 Å².